The highest BCUT2D eigenvalue weighted by atomic mass is 32.2. The van der Waals surface area contributed by atoms with Gasteiger partial charge in [0.25, 0.3) is 10.0 Å². The van der Waals surface area contributed by atoms with Gasteiger partial charge in [0, 0.05) is 12.6 Å². The first kappa shape index (κ1) is 21.7. The fraction of sp³-hybridized carbons (Fsp3) is 0.217. The molecule has 0 aliphatic carbocycles. The Morgan fingerprint density at radius 1 is 0.833 bits per heavy atom. The lowest BCUT2D eigenvalue weighted by Gasteiger charge is -2.12. The average molecular weight is 427 g/mol. The molecule has 3 aromatic rings. The molecular formula is C23H26N2O4S. The number of benzene rings is 3. The number of ether oxygens (including phenoxy) is 2. The number of nitrogens with zero attached hydrogens (tertiary/aromatic N) is 1. The minimum absolute atomic E-state index is 0.164. The molecule has 0 aromatic heterocycles. The summed E-state index contributed by atoms with van der Waals surface area (Å²) in [6, 6.07) is 22.5. The maximum atomic E-state index is 12.7. The van der Waals surface area contributed by atoms with Gasteiger partial charge in [-0.3, -0.25) is 4.72 Å². The molecule has 0 saturated carbocycles. The van der Waals surface area contributed by atoms with E-state index in [9.17, 15) is 8.42 Å². The van der Waals surface area contributed by atoms with Gasteiger partial charge in [-0.15, -0.1) is 0 Å². The van der Waals surface area contributed by atoms with Gasteiger partial charge in [0.05, 0.1) is 17.2 Å². The number of hydrogen-bond acceptors (Lipinski definition) is 5. The molecule has 7 heteroatoms. The third-order valence-corrected chi connectivity index (χ3v) is 5.61. The maximum Gasteiger partial charge on any atom is 0.261 e. The van der Waals surface area contributed by atoms with Gasteiger partial charge in [-0.1, -0.05) is 24.3 Å². The van der Waals surface area contributed by atoms with Crippen molar-refractivity contribution in [3.8, 4) is 17.2 Å². The topological polar surface area (TPSA) is 67.9 Å². The Morgan fingerprint density at radius 2 is 1.53 bits per heavy atom. The summed E-state index contributed by atoms with van der Waals surface area (Å²) in [6.45, 7) is 1.51. The maximum absolute atomic E-state index is 12.7. The van der Waals surface area contributed by atoms with Crippen LogP contribution in [0.25, 0.3) is 0 Å². The second kappa shape index (κ2) is 10.1. The number of para-hydroxylation sites is 1. The van der Waals surface area contributed by atoms with Gasteiger partial charge in [0.15, 0.2) is 0 Å². The predicted octanol–water partition coefficient (Wildman–Crippen LogP) is 4.61. The number of nitrogens with one attached hydrogen (secondary N) is 1. The van der Waals surface area contributed by atoms with Crippen LogP contribution in [0.4, 0.5) is 5.69 Å². The molecule has 0 radical (unpaired) electrons. The van der Waals surface area contributed by atoms with E-state index < -0.39 is 10.0 Å². The van der Waals surface area contributed by atoms with E-state index in [0.717, 1.165) is 13.0 Å². The quantitative estimate of drug-likeness (QED) is 0.480. The molecule has 0 aliphatic rings. The third kappa shape index (κ3) is 6.50. The summed E-state index contributed by atoms with van der Waals surface area (Å²) in [4.78, 5) is 2.25. The fourth-order valence-corrected chi connectivity index (χ4v) is 3.80. The summed E-state index contributed by atoms with van der Waals surface area (Å²) < 4.78 is 39.4. The molecule has 0 amide bonds. The molecule has 0 atom stereocenters. The normalized spacial score (nSPS) is 11.3. The lowest BCUT2D eigenvalue weighted by molar-refractivity contribution is 0.281. The van der Waals surface area contributed by atoms with Crippen molar-refractivity contribution in [2.75, 3.05) is 32.0 Å². The van der Waals surface area contributed by atoms with E-state index in [1.807, 2.05) is 44.4 Å². The van der Waals surface area contributed by atoms with Crippen LogP contribution in [0.15, 0.2) is 83.8 Å². The smallest absolute Gasteiger partial charge is 0.261 e. The van der Waals surface area contributed by atoms with Gasteiger partial charge in [-0.05, 0) is 69.0 Å². The summed E-state index contributed by atoms with van der Waals surface area (Å²) in [5.41, 5.74) is 0.424. The zero-order valence-corrected chi connectivity index (χ0v) is 17.9. The minimum atomic E-state index is -3.72. The molecule has 0 heterocycles. The summed E-state index contributed by atoms with van der Waals surface area (Å²) in [6.07, 6.45) is 0.899. The molecule has 0 aliphatic heterocycles. The zero-order valence-electron chi connectivity index (χ0n) is 17.1. The highest BCUT2D eigenvalue weighted by molar-refractivity contribution is 7.92. The Kier molecular flexibility index (Phi) is 7.32. The first-order valence-electron chi connectivity index (χ1n) is 9.66. The summed E-state index contributed by atoms with van der Waals surface area (Å²) >= 11 is 0. The van der Waals surface area contributed by atoms with Crippen molar-refractivity contribution in [2.24, 2.45) is 0 Å². The monoisotopic (exact) mass is 426 g/mol. The van der Waals surface area contributed by atoms with Crippen LogP contribution < -0.4 is 14.2 Å². The van der Waals surface area contributed by atoms with Crippen LogP contribution in [-0.4, -0.2) is 40.6 Å². The van der Waals surface area contributed by atoms with Crippen molar-refractivity contribution in [3.63, 3.8) is 0 Å². The van der Waals surface area contributed by atoms with Crippen LogP contribution in [0.3, 0.4) is 0 Å². The molecule has 158 valence electrons. The minimum Gasteiger partial charge on any atom is -0.494 e. The Bertz CT molecular complexity index is 1040. The van der Waals surface area contributed by atoms with Crippen molar-refractivity contribution in [1.29, 1.82) is 0 Å². The Morgan fingerprint density at radius 3 is 2.23 bits per heavy atom. The first-order chi connectivity index (χ1) is 14.4. The van der Waals surface area contributed by atoms with E-state index in [2.05, 4.69) is 9.62 Å². The Hall–Kier alpha value is -3.03. The molecule has 1 N–H and O–H groups in total. The molecule has 30 heavy (non-hydrogen) atoms. The third-order valence-electron chi connectivity index (χ3n) is 4.22. The van der Waals surface area contributed by atoms with Crippen molar-refractivity contribution >= 4 is 15.7 Å². The second-order valence-corrected chi connectivity index (χ2v) is 8.71. The molecule has 0 spiro atoms. The van der Waals surface area contributed by atoms with Gasteiger partial charge in [-0.2, -0.15) is 0 Å². The van der Waals surface area contributed by atoms with Crippen LogP contribution in [-0.2, 0) is 10.0 Å². The van der Waals surface area contributed by atoms with Gasteiger partial charge in [0.1, 0.15) is 17.2 Å². The van der Waals surface area contributed by atoms with Crippen molar-refractivity contribution in [3.05, 3.63) is 78.9 Å². The van der Waals surface area contributed by atoms with E-state index in [4.69, 9.17) is 9.47 Å². The van der Waals surface area contributed by atoms with Gasteiger partial charge < -0.3 is 14.4 Å². The molecule has 6 nitrogen and oxygen atoms in total. The average Bonchev–Trinajstić information content (AvgIpc) is 2.72. The van der Waals surface area contributed by atoms with E-state index in [0.29, 0.717) is 29.5 Å². The number of rotatable bonds is 10. The molecule has 0 bridgehead atoms. The van der Waals surface area contributed by atoms with Crippen molar-refractivity contribution in [1.82, 2.24) is 4.90 Å². The summed E-state index contributed by atoms with van der Waals surface area (Å²) in [5, 5.41) is 0. The number of sulfonamides is 1. The molecule has 3 aromatic carbocycles. The van der Waals surface area contributed by atoms with E-state index in [-0.39, 0.29) is 4.90 Å². The molecule has 3 rings (SSSR count). The van der Waals surface area contributed by atoms with Crippen molar-refractivity contribution in [2.45, 2.75) is 11.3 Å². The Balaban J connectivity index is 1.62. The molecule has 0 saturated heterocycles. The highest BCUT2D eigenvalue weighted by Crippen LogP contribution is 2.26. The van der Waals surface area contributed by atoms with Gasteiger partial charge in [-0.25, -0.2) is 8.42 Å². The van der Waals surface area contributed by atoms with Crippen LogP contribution in [0.5, 0.6) is 17.2 Å². The SMILES string of the molecule is CN(C)CCCOc1ccc(S(=O)(=O)Nc2cccc(Oc3ccccc3)c2)cc1. The summed E-state index contributed by atoms with van der Waals surface area (Å²) in [7, 11) is 0.296. The molecular weight excluding hydrogens is 400 g/mol. The van der Waals surface area contributed by atoms with Gasteiger partial charge >= 0.3 is 0 Å². The van der Waals surface area contributed by atoms with E-state index in [1.165, 1.54) is 12.1 Å². The lowest BCUT2D eigenvalue weighted by Crippen LogP contribution is -2.15. The van der Waals surface area contributed by atoms with E-state index >= 15 is 0 Å². The summed E-state index contributed by atoms with van der Waals surface area (Å²) in [5.74, 6) is 1.87. The first-order valence-corrected chi connectivity index (χ1v) is 11.1. The van der Waals surface area contributed by atoms with Crippen LogP contribution in [0.1, 0.15) is 6.42 Å². The largest absolute Gasteiger partial charge is 0.494 e. The van der Waals surface area contributed by atoms with Gasteiger partial charge in [0.2, 0.25) is 0 Å². The molecule has 0 fully saturated rings. The lowest BCUT2D eigenvalue weighted by atomic mass is 10.3. The second-order valence-electron chi connectivity index (χ2n) is 7.03. The van der Waals surface area contributed by atoms with Crippen molar-refractivity contribution < 1.29 is 17.9 Å². The number of anilines is 1. The van der Waals surface area contributed by atoms with Crippen LogP contribution in [0, 0.1) is 0 Å². The highest BCUT2D eigenvalue weighted by Gasteiger charge is 2.14. The Labute approximate surface area is 178 Å². The van der Waals surface area contributed by atoms with Crippen LogP contribution in [0.2, 0.25) is 0 Å². The number of hydrogen-bond donors (Lipinski definition) is 1. The standard InChI is InChI=1S/C23H26N2O4S/c1-25(2)16-7-17-28-20-12-14-23(15-13-20)30(26,27)24-19-8-6-11-22(18-19)29-21-9-4-3-5-10-21/h3-6,8-15,18,24H,7,16-17H2,1-2H3. The predicted molar refractivity (Wildman–Crippen MR) is 119 cm³/mol. The zero-order chi connectivity index (χ0) is 21.4. The van der Waals surface area contributed by atoms with E-state index in [1.54, 1.807) is 36.4 Å². The van der Waals surface area contributed by atoms with Crippen LogP contribution >= 0.6 is 0 Å². The molecule has 0 unspecified atom stereocenters. The fourth-order valence-electron chi connectivity index (χ4n) is 2.75.